The van der Waals surface area contributed by atoms with E-state index in [-0.39, 0.29) is 6.71 Å². The van der Waals surface area contributed by atoms with Crippen LogP contribution in [0.3, 0.4) is 0 Å². The molecule has 12 rings (SSSR count). The fourth-order valence-corrected chi connectivity index (χ4v) is 9.22. The van der Waals surface area contributed by atoms with Crippen LogP contribution in [0.1, 0.15) is 0 Å². The van der Waals surface area contributed by atoms with E-state index >= 15 is 0 Å². The largest absolute Gasteiger partial charge is 0.458 e. The summed E-state index contributed by atoms with van der Waals surface area (Å²) in [6.45, 7) is -0.0199. The lowest BCUT2D eigenvalue weighted by Crippen LogP contribution is -2.59. The Labute approximate surface area is 330 Å². The number of nitrogens with zero attached hydrogens (tertiary/aromatic N) is 2. The minimum Gasteiger partial charge on any atom is -0.458 e. The monoisotopic (exact) mass is 728 g/mol. The highest BCUT2D eigenvalue weighted by Gasteiger charge is 2.42. The molecule has 10 aromatic rings. The van der Waals surface area contributed by atoms with E-state index in [0.29, 0.717) is 0 Å². The van der Waals surface area contributed by atoms with Crippen LogP contribution in [0, 0.1) is 0 Å². The molecule has 1 aromatic heterocycles. The van der Waals surface area contributed by atoms with Crippen molar-refractivity contribution in [2.45, 2.75) is 0 Å². The van der Waals surface area contributed by atoms with E-state index in [0.717, 1.165) is 78.1 Å². The van der Waals surface area contributed by atoms with Gasteiger partial charge in [-0.15, -0.1) is 0 Å². The minimum atomic E-state index is -0.0199. The van der Waals surface area contributed by atoms with Gasteiger partial charge in [0, 0.05) is 50.7 Å². The van der Waals surface area contributed by atoms with Crippen molar-refractivity contribution in [3.05, 3.63) is 200 Å². The quantitative estimate of drug-likeness (QED) is 0.165. The van der Waals surface area contributed by atoms with Crippen LogP contribution < -0.4 is 30.9 Å². The molecule has 3 heterocycles. The average Bonchev–Trinajstić information content (AvgIpc) is 3.64. The second kappa shape index (κ2) is 12.5. The van der Waals surface area contributed by atoms with Crippen molar-refractivity contribution >= 4 is 89.9 Å². The first-order chi connectivity index (χ1) is 28.3. The molecule has 2 aliphatic rings. The zero-order valence-corrected chi connectivity index (χ0v) is 30.8. The van der Waals surface area contributed by atoms with E-state index < -0.39 is 0 Å². The summed E-state index contributed by atoms with van der Waals surface area (Å²) in [7, 11) is 0. The Morgan fingerprint density at radius 2 is 1.09 bits per heavy atom. The van der Waals surface area contributed by atoms with Crippen LogP contribution in [-0.4, -0.2) is 6.71 Å². The highest BCUT2D eigenvalue weighted by Crippen LogP contribution is 2.46. The highest BCUT2D eigenvalue weighted by molar-refractivity contribution is 6.99. The summed E-state index contributed by atoms with van der Waals surface area (Å²) in [5.74, 6) is 1.75. The molecule has 0 unspecified atom stereocenters. The number of hydrogen-bond acceptors (Lipinski definition) is 4. The molecule has 9 aromatic carbocycles. The maximum absolute atomic E-state index is 6.98. The Morgan fingerprint density at radius 1 is 0.439 bits per heavy atom. The standard InChI is InChI=1S/C52H33BN2O2/c1-4-15-34(16-5-1)35-27-29-38(30-28-35)54(36-17-6-2-7-18-36)46-33-50-51(40-22-11-10-21-39(40)46)41-31-49-43(32-48(41)57-50)53-42-23-12-13-24-44(42)55(37-19-8-3-9-20-37)45-25-14-26-47(56-49)52(45)53/h1-33H. The van der Waals surface area contributed by atoms with Crippen LogP contribution in [0.5, 0.6) is 11.5 Å². The summed E-state index contributed by atoms with van der Waals surface area (Å²) in [4.78, 5) is 4.70. The predicted octanol–water partition coefficient (Wildman–Crippen LogP) is 12.3. The molecule has 2 aliphatic heterocycles. The number of anilines is 6. The normalized spacial score (nSPS) is 12.6. The lowest BCUT2D eigenvalue weighted by atomic mass is 9.34. The third-order valence-corrected chi connectivity index (χ3v) is 11.7. The molecule has 0 radical (unpaired) electrons. The zero-order valence-electron chi connectivity index (χ0n) is 30.8. The van der Waals surface area contributed by atoms with E-state index in [9.17, 15) is 0 Å². The topological polar surface area (TPSA) is 28.9 Å². The van der Waals surface area contributed by atoms with Crippen molar-refractivity contribution in [3.63, 3.8) is 0 Å². The second-order valence-corrected chi connectivity index (χ2v) is 14.8. The van der Waals surface area contributed by atoms with Gasteiger partial charge in [0.15, 0.2) is 0 Å². The summed E-state index contributed by atoms with van der Waals surface area (Å²) in [6.07, 6.45) is 0. The number of hydrogen-bond donors (Lipinski definition) is 0. The van der Waals surface area contributed by atoms with Crippen LogP contribution >= 0.6 is 0 Å². The number of rotatable bonds is 5. The van der Waals surface area contributed by atoms with Crippen molar-refractivity contribution in [2.24, 2.45) is 0 Å². The Kier molecular flexibility index (Phi) is 6.99. The smallest absolute Gasteiger partial charge is 0.256 e. The van der Waals surface area contributed by atoms with Gasteiger partial charge >= 0.3 is 0 Å². The molecule has 4 nitrogen and oxygen atoms in total. The van der Waals surface area contributed by atoms with Gasteiger partial charge in [-0.25, -0.2) is 0 Å². The summed E-state index contributed by atoms with van der Waals surface area (Å²) in [5, 5.41) is 4.40. The zero-order chi connectivity index (χ0) is 37.5. The molecule has 0 bridgehead atoms. The molecule has 0 saturated heterocycles. The molecule has 0 spiro atoms. The lowest BCUT2D eigenvalue weighted by molar-refractivity contribution is 0.488. The van der Waals surface area contributed by atoms with E-state index in [1.54, 1.807) is 0 Å². The van der Waals surface area contributed by atoms with Crippen LogP contribution in [0.15, 0.2) is 205 Å². The van der Waals surface area contributed by atoms with E-state index in [1.807, 2.05) is 0 Å². The molecule has 0 aliphatic carbocycles. The van der Waals surface area contributed by atoms with Crippen LogP contribution in [0.25, 0.3) is 43.8 Å². The Balaban J connectivity index is 1.06. The van der Waals surface area contributed by atoms with Gasteiger partial charge < -0.3 is 19.0 Å². The maximum Gasteiger partial charge on any atom is 0.256 e. The fourth-order valence-electron chi connectivity index (χ4n) is 9.22. The summed E-state index contributed by atoms with van der Waals surface area (Å²) in [6, 6.07) is 71.1. The van der Waals surface area contributed by atoms with E-state index in [4.69, 9.17) is 9.15 Å². The number of ether oxygens (including phenoxy) is 1. The number of benzene rings is 9. The van der Waals surface area contributed by atoms with E-state index in [2.05, 4.69) is 210 Å². The molecule has 0 saturated carbocycles. The van der Waals surface area contributed by atoms with E-state index in [1.165, 1.54) is 27.7 Å². The molecular weight excluding hydrogens is 695 g/mol. The summed E-state index contributed by atoms with van der Waals surface area (Å²) < 4.78 is 13.9. The fraction of sp³-hybridized carbons (Fsp3) is 0. The van der Waals surface area contributed by atoms with Crippen molar-refractivity contribution in [1.82, 2.24) is 0 Å². The molecular formula is C52H33BN2O2. The molecule has 266 valence electrons. The van der Waals surface area contributed by atoms with Crippen LogP contribution in [0.2, 0.25) is 0 Å². The molecule has 0 fully saturated rings. The van der Waals surface area contributed by atoms with Crippen molar-refractivity contribution in [3.8, 4) is 22.6 Å². The highest BCUT2D eigenvalue weighted by atomic mass is 16.5. The predicted molar refractivity (Wildman–Crippen MR) is 237 cm³/mol. The first kappa shape index (κ1) is 31.8. The lowest BCUT2D eigenvalue weighted by Gasteiger charge is -2.39. The Bertz CT molecular complexity index is 3160. The van der Waals surface area contributed by atoms with Gasteiger partial charge in [0.25, 0.3) is 6.71 Å². The van der Waals surface area contributed by atoms with Crippen molar-refractivity contribution in [2.75, 3.05) is 9.80 Å². The third-order valence-electron chi connectivity index (χ3n) is 11.7. The van der Waals surface area contributed by atoms with Crippen LogP contribution in [-0.2, 0) is 0 Å². The SMILES string of the molecule is c1ccc(-c2ccc(N(c3ccccc3)c3cc4oc5cc6c(cc5c4c4ccccc34)Oc3cccc4c3B6c3ccccc3N4c3ccccc3)cc2)cc1. The molecule has 0 atom stereocenters. The van der Waals surface area contributed by atoms with Gasteiger partial charge in [-0.2, -0.15) is 0 Å². The number of fused-ring (bicyclic) bond motifs is 9. The summed E-state index contributed by atoms with van der Waals surface area (Å²) in [5.41, 5.74) is 14.2. The first-order valence-corrected chi connectivity index (χ1v) is 19.5. The van der Waals surface area contributed by atoms with Gasteiger partial charge in [0.2, 0.25) is 0 Å². The van der Waals surface area contributed by atoms with Gasteiger partial charge in [-0.1, -0.05) is 127 Å². The number of para-hydroxylation sites is 3. The molecule has 57 heavy (non-hydrogen) atoms. The average molecular weight is 729 g/mol. The van der Waals surface area contributed by atoms with Gasteiger partial charge in [-0.05, 0) is 99.6 Å². The first-order valence-electron chi connectivity index (χ1n) is 19.5. The van der Waals surface area contributed by atoms with Crippen LogP contribution in [0.4, 0.5) is 34.1 Å². The van der Waals surface area contributed by atoms with Gasteiger partial charge in [0.1, 0.15) is 22.7 Å². The van der Waals surface area contributed by atoms with Gasteiger partial charge in [0.05, 0.1) is 5.69 Å². The Hall–Kier alpha value is -7.50. The number of furan rings is 1. The van der Waals surface area contributed by atoms with Crippen molar-refractivity contribution in [1.29, 1.82) is 0 Å². The van der Waals surface area contributed by atoms with Crippen molar-refractivity contribution < 1.29 is 9.15 Å². The molecule has 0 N–H and O–H groups in total. The second-order valence-electron chi connectivity index (χ2n) is 14.8. The summed E-state index contributed by atoms with van der Waals surface area (Å²) >= 11 is 0. The molecule has 0 amide bonds. The maximum atomic E-state index is 6.98. The minimum absolute atomic E-state index is 0.0199. The Morgan fingerprint density at radius 3 is 1.89 bits per heavy atom. The van der Waals surface area contributed by atoms with Gasteiger partial charge in [-0.3, -0.25) is 0 Å². The molecule has 5 heteroatoms. The third kappa shape index (κ3) is 4.89.